The number of anilines is 1. The largest absolute Gasteiger partial charge is 0.349 e. The lowest BCUT2D eigenvalue weighted by Crippen LogP contribution is -2.35. The molecule has 0 spiro atoms. The summed E-state index contributed by atoms with van der Waals surface area (Å²) in [4.78, 5) is 24.1. The van der Waals surface area contributed by atoms with Gasteiger partial charge in [0.2, 0.25) is 5.91 Å². The lowest BCUT2D eigenvalue weighted by molar-refractivity contribution is -0.115. The highest BCUT2D eigenvalue weighted by Gasteiger charge is 2.18. The van der Waals surface area contributed by atoms with E-state index in [0.29, 0.717) is 11.3 Å². The fourth-order valence-corrected chi connectivity index (χ4v) is 2.92. The van der Waals surface area contributed by atoms with Crippen LogP contribution in [0.15, 0.2) is 24.3 Å². The Labute approximate surface area is 137 Å². The van der Waals surface area contributed by atoms with Crippen molar-refractivity contribution >= 4 is 17.5 Å². The minimum Gasteiger partial charge on any atom is -0.349 e. The highest BCUT2D eigenvalue weighted by atomic mass is 16.2. The molecule has 0 bridgehead atoms. The molecule has 2 N–H and O–H groups in total. The number of para-hydroxylation sites is 1. The van der Waals surface area contributed by atoms with Crippen LogP contribution in [-0.2, 0) is 4.79 Å². The lowest BCUT2D eigenvalue weighted by Gasteiger charge is -2.21. The van der Waals surface area contributed by atoms with E-state index in [4.69, 9.17) is 5.26 Å². The van der Waals surface area contributed by atoms with Gasteiger partial charge in [0, 0.05) is 6.04 Å². The predicted octanol–water partition coefficient (Wildman–Crippen LogP) is 3.38. The zero-order valence-corrected chi connectivity index (χ0v) is 13.3. The van der Waals surface area contributed by atoms with Crippen molar-refractivity contribution in [2.75, 3.05) is 5.32 Å². The number of nitrogens with one attached hydrogen (secondary N) is 2. The molecule has 1 aliphatic carbocycles. The van der Waals surface area contributed by atoms with E-state index in [1.807, 2.05) is 0 Å². The molecule has 0 atom stereocenters. The van der Waals surface area contributed by atoms with Crippen LogP contribution in [0.1, 0.15) is 61.7 Å². The fraction of sp³-hybridized carbons (Fsp3) is 0.500. The Morgan fingerprint density at radius 3 is 2.43 bits per heavy atom. The van der Waals surface area contributed by atoms with Gasteiger partial charge in [0.05, 0.1) is 17.3 Å². The molecule has 1 aliphatic rings. The second-order valence-corrected chi connectivity index (χ2v) is 5.94. The quantitative estimate of drug-likeness (QED) is 0.894. The van der Waals surface area contributed by atoms with E-state index in [0.717, 1.165) is 25.7 Å². The van der Waals surface area contributed by atoms with Crippen molar-refractivity contribution in [2.45, 2.75) is 57.4 Å². The summed E-state index contributed by atoms with van der Waals surface area (Å²) >= 11 is 0. The van der Waals surface area contributed by atoms with Crippen molar-refractivity contribution in [1.82, 2.24) is 5.32 Å². The second-order valence-electron chi connectivity index (χ2n) is 5.94. The lowest BCUT2D eigenvalue weighted by atomic mass is 9.96. The summed E-state index contributed by atoms with van der Waals surface area (Å²) in [5.74, 6) is -0.567. The normalized spacial score (nSPS) is 15.8. The van der Waals surface area contributed by atoms with Gasteiger partial charge < -0.3 is 10.6 Å². The molecule has 5 nitrogen and oxygen atoms in total. The summed E-state index contributed by atoms with van der Waals surface area (Å²) in [7, 11) is 0. The first-order valence-electron chi connectivity index (χ1n) is 8.27. The zero-order chi connectivity index (χ0) is 16.5. The van der Waals surface area contributed by atoms with Crippen LogP contribution in [0, 0.1) is 11.3 Å². The highest BCUT2D eigenvalue weighted by Crippen LogP contribution is 2.19. The van der Waals surface area contributed by atoms with Gasteiger partial charge in [-0.15, -0.1) is 0 Å². The van der Waals surface area contributed by atoms with E-state index >= 15 is 0 Å². The van der Waals surface area contributed by atoms with E-state index in [2.05, 4.69) is 10.6 Å². The molecular formula is C18H23N3O2. The molecule has 122 valence electrons. The Bertz CT molecular complexity index is 584. The molecule has 2 amide bonds. The van der Waals surface area contributed by atoms with Crippen LogP contribution >= 0.6 is 0 Å². The first-order chi connectivity index (χ1) is 11.2. The van der Waals surface area contributed by atoms with Gasteiger partial charge in [0.15, 0.2) is 0 Å². The monoisotopic (exact) mass is 313 g/mol. The Balaban J connectivity index is 2.03. The molecule has 0 heterocycles. The molecule has 1 fully saturated rings. The van der Waals surface area contributed by atoms with Crippen LogP contribution in [0.5, 0.6) is 0 Å². The van der Waals surface area contributed by atoms with E-state index < -0.39 is 5.91 Å². The number of benzene rings is 1. The van der Waals surface area contributed by atoms with Crippen LogP contribution in [0.4, 0.5) is 5.69 Å². The van der Waals surface area contributed by atoms with Crippen molar-refractivity contribution in [3.05, 3.63) is 29.8 Å². The smallest absolute Gasteiger partial charge is 0.253 e. The second kappa shape index (κ2) is 8.94. The molecule has 23 heavy (non-hydrogen) atoms. The van der Waals surface area contributed by atoms with Crippen LogP contribution < -0.4 is 10.6 Å². The summed E-state index contributed by atoms with van der Waals surface area (Å²) in [6.07, 6.45) is 7.83. The topological polar surface area (TPSA) is 82.0 Å². The van der Waals surface area contributed by atoms with Crippen molar-refractivity contribution < 1.29 is 9.59 Å². The van der Waals surface area contributed by atoms with E-state index in [9.17, 15) is 9.59 Å². The van der Waals surface area contributed by atoms with Gasteiger partial charge in [-0.1, -0.05) is 44.2 Å². The molecule has 0 unspecified atom stereocenters. The van der Waals surface area contributed by atoms with Gasteiger partial charge in [-0.05, 0) is 25.0 Å². The number of hydrogen-bond acceptors (Lipinski definition) is 3. The first-order valence-corrected chi connectivity index (χ1v) is 8.27. The van der Waals surface area contributed by atoms with Gasteiger partial charge >= 0.3 is 0 Å². The highest BCUT2D eigenvalue weighted by molar-refractivity contribution is 6.04. The van der Waals surface area contributed by atoms with Crippen molar-refractivity contribution in [2.24, 2.45) is 0 Å². The minimum absolute atomic E-state index is 0.163. The van der Waals surface area contributed by atoms with Crippen LogP contribution in [-0.4, -0.2) is 17.9 Å². The maximum Gasteiger partial charge on any atom is 0.253 e. The summed E-state index contributed by atoms with van der Waals surface area (Å²) < 4.78 is 0. The Kier molecular flexibility index (Phi) is 6.61. The molecule has 0 aromatic heterocycles. The van der Waals surface area contributed by atoms with Gasteiger partial charge in [0.25, 0.3) is 5.91 Å². The SMILES string of the molecule is N#CCC(=O)Nc1ccccc1C(=O)NC1CCCCCCC1. The third-order valence-electron chi connectivity index (χ3n) is 4.13. The van der Waals surface area contributed by atoms with Crippen molar-refractivity contribution in [1.29, 1.82) is 5.26 Å². The first kappa shape index (κ1) is 17.0. The van der Waals surface area contributed by atoms with Crippen LogP contribution in [0.3, 0.4) is 0 Å². The maximum atomic E-state index is 12.5. The molecule has 2 rings (SSSR count). The van der Waals surface area contributed by atoms with E-state index in [1.54, 1.807) is 30.3 Å². The van der Waals surface area contributed by atoms with E-state index in [1.165, 1.54) is 19.3 Å². The molecular weight excluding hydrogens is 290 g/mol. The maximum absolute atomic E-state index is 12.5. The number of amides is 2. The number of carbonyl (C=O) groups is 2. The number of hydrogen-bond donors (Lipinski definition) is 2. The van der Waals surface area contributed by atoms with Gasteiger partial charge in [-0.3, -0.25) is 9.59 Å². The van der Waals surface area contributed by atoms with Crippen molar-refractivity contribution in [3.63, 3.8) is 0 Å². The van der Waals surface area contributed by atoms with Crippen LogP contribution in [0.2, 0.25) is 0 Å². The van der Waals surface area contributed by atoms with Gasteiger partial charge in [0.1, 0.15) is 6.42 Å². The molecule has 0 radical (unpaired) electrons. The Morgan fingerprint density at radius 2 is 1.74 bits per heavy atom. The number of nitrogens with zero attached hydrogens (tertiary/aromatic N) is 1. The predicted molar refractivity (Wildman–Crippen MR) is 88.9 cm³/mol. The van der Waals surface area contributed by atoms with Gasteiger partial charge in [-0.25, -0.2) is 0 Å². The molecule has 0 saturated heterocycles. The molecule has 5 heteroatoms. The molecule has 0 aliphatic heterocycles. The number of nitriles is 1. The fourth-order valence-electron chi connectivity index (χ4n) is 2.92. The number of rotatable bonds is 4. The average molecular weight is 313 g/mol. The van der Waals surface area contributed by atoms with Crippen LogP contribution in [0.25, 0.3) is 0 Å². The standard InChI is InChI=1S/C18H23N3O2/c19-13-12-17(22)21-16-11-7-6-10-15(16)18(23)20-14-8-4-2-1-3-5-9-14/h6-7,10-11,14H,1-5,8-9,12H2,(H,20,23)(H,21,22). The Morgan fingerprint density at radius 1 is 1.09 bits per heavy atom. The summed E-state index contributed by atoms with van der Waals surface area (Å²) in [6, 6.07) is 8.91. The molecule has 1 saturated carbocycles. The summed E-state index contributed by atoms with van der Waals surface area (Å²) in [6.45, 7) is 0. The minimum atomic E-state index is -0.404. The van der Waals surface area contributed by atoms with E-state index in [-0.39, 0.29) is 18.4 Å². The third-order valence-corrected chi connectivity index (χ3v) is 4.13. The molecule has 1 aromatic carbocycles. The molecule has 1 aromatic rings. The zero-order valence-electron chi connectivity index (χ0n) is 13.3. The Hall–Kier alpha value is -2.35. The summed E-state index contributed by atoms with van der Waals surface area (Å²) in [5.41, 5.74) is 0.900. The average Bonchev–Trinajstić information content (AvgIpc) is 2.50. The van der Waals surface area contributed by atoms with Crippen molar-refractivity contribution in [3.8, 4) is 6.07 Å². The van der Waals surface area contributed by atoms with Gasteiger partial charge in [-0.2, -0.15) is 5.26 Å². The third kappa shape index (κ3) is 5.41. The summed E-state index contributed by atoms with van der Waals surface area (Å²) in [5, 5.41) is 14.3. The number of carbonyl (C=O) groups excluding carboxylic acids is 2.